The molecule has 1 saturated heterocycles. The van der Waals surface area contributed by atoms with Gasteiger partial charge in [-0.05, 0) is 49.4 Å². The summed E-state index contributed by atoms with van der Waals surface area (Å²) in [7, 11) is 1.70. The number of hydrogen-bond donors (Lipinski definition) is 1. The molecule has 2 fully saturated rings. The highest BCUT2D eigenvalue weighted by molar-refractivity contribution is 5.82. The summed E-state index contributed by atoms with van der Waals surface area (Å²) in [5, 5.41) is 3.30. The van der Waals surface area contributed by atoms with Gasteiger partial charge in [-0.2, -0.15) is 0 Å². The average molecular weight is 402 g/mol. The zero-order chi connectivity index (χ0) is 20.1. The summed E-state index contributed by atoms with van der Waals surface area (Å²) in [4.78, 5) is 17.7. The molecule has 1 aromatic carbocycles. The number of nitrogens with zero attached hydrogens (tertiary/aromatic N) is 2. The monoisotopic (exact) mass is 401 g/mol. The minimum atomic E-state index is 0.116. The number of aryl methyl sites for hydroxylation is 1. The number of hydrogen-bond acceptors (Lipinski definition) is 5. The van der Waals surface area contributed by atoms with Crippen LogP contribution in [0.4, 0.5) is 5.69 Å². The van der Waals surface area contributed by atoms with Crippen LogP contribution in [0.1, 0.15) is 44.1 Å². The van der Waals surface area contributed by atoms with Crippen molar-refractivity contribution < 1.29 is 14.3 Å². The van der Waals surface area contributed by atoms with Crippen molar-refractivity contribution in [2.75, 3.05) is 57.9 Å². The lowest BCUT2D eigenvalue weighted by molar-refractivity contribution is -0.121. The number of carbonyl (C=O) groups excluding carboxylic acids is 1. The summed E-state index contributed by atoms with van der Waals surface area (Å²) in [6.45, 7) is 5.71. The summed E-state index contributed by atoms with van der Waals surface area (Å²) in [6.07, 6.45) is 8.31. The van der Waals surface area contributed by atoms with Crippen LogP contribution in [0.5, 0.6) is 5.75 Å². The van der Waals surface area contributed by atoms with Crippen molar-refractivity contribution in [2.24, 2.45) is 0 Å². The minimum absolute atomic E-state index is 0.116. The van der Waals surface area contributed by atoms with Gasteiger partial charge in [0.25, 0.3) is 0 Å². The minimum Gasteiger partial charge on any atom is -0.497 e. The van der Waals surface area contributed by atoms with E-state index in [1.54, 1.807) is 7.11 Å². The molecule has 0 atom stereocenters. The number of nitrogens with one attached hydrogen (secondary N) is 1. The van der Waals surface area contributed by atoms with Crippen LogP contribution in [0.25, 0.3) is 0 Å². The first-order valence-corrected chi connectivity index (χ1v) is 11.2. The van der Waals surface area contributed by atoms with Crippen molar-refractivity contribution in [3.63, 3.8) is 0 Å². The molecule has 0 radical (unpaired) electrons. The first-order chi connectivity index (χ1) is 14.2. The molecule has 2 aliphatic heterocycles. The summed E-state index contributed by atoms with van der Waals surface area (Å²) >= 11 is 0. The highest BCUT2D eigenvalue weighted by atomic mass is 16.5. The molecule has 160 valence electrons. The smallest absolute Gasteiger partial charge is 0.239 e. The van der Waals surface area contributed by atoms with Gasteiger partial charge in [0.05, 0.1) is 26.9 Å². The van der Waals surface area contributed by atoms with Crippen LogP contribution in [0.2, 0.25) is 0 Å². The van der Waals surface area contributed by atoms with E-state index in [4.69, 9.17) is 9.47 Å². The number of carbonyl (C=O) groups is 1. The SMILES string of the molecule is COc1ccc2c(c1)CCCN2CC(=O)NCC1(N2CCOCC2)CCCCC1. The molecule has 0 bridgehead atoms. The summed E-state index contributed by atoms with van der Waals surface area (Å²) < 4.78 is 10.9. The third kappa shape index (κ3) is 4.69. The van der Waals surface area contributed by atoms with Gasteiger partial charge in [0.1, 0.15) is 5.75 Å². The van der Waals surface area contributed by atoms with Gasteiger partial charge in [0.2, 0.25) is 5.91 Å². The summed E-state index contributed by atoms with van der Waals surface area (Å²) in [6, 6.07) is 6.19. The van der Waals surface area contributed by atoms with Crippen LogP contribution >= 0.6 is 0 Å². The molecule has 6 nitrogen and oxygen atoms in total. The Bertz CT molecular complexity index is 697. The zero-order valence-corrected chi connectivity index (χ0v) is 17.8. The Kier molecular flexibility index (Phi) is 6.60. The first-order valence-electron chi connectivity index (χ1n) is 11.2. The third-order valence-corrected chi connectivity index (χ3v) is 6.92. The van der Waals surface area contributed by atoms with Crippen LogP contribution < -0.4 is 15.0 Å². The highest BCUT2D eigenvalue weighted by Gasteiger charge is 2.38. The van der Waals surface area contributed by atoms with E-state index < -0.39 is 0 Å². The lowest BCUT2D eigenvalue weighted by Gasteiger charge is -2.48. The van der Waals surface area contributed by atoms with Gasteiger partial charge in [-0.1, -0.05) is 19.3 Å². The standard InChI is InChI=1S/C23H35N3O3/c1-28-20-7-8-21-19(16-20)6-5-11-25(21)17-22(27)24-18-23(9-3-2-4-10-23)26-12-14-29-15-13-26/h7-8,16H,2-6,9-15,17-18H2,1H3,(H,24,27). The number of morpholine rings is 1. The van der Waals surface area contributed by atoms with E-state index in [1.807, 2.05) is 6.07 Å². The molecule has 1 aliphatic carbocycles. The van der Waals surface area contributed by atoms with Crippen molar-refractivity contribution in [1.82, 2.24) is 10.2 Å². The van der Waals surface area contributed by atoms with Gasteiger partial charge < -0.3 is 19.7 Å². The maximum atomic E-state index is 12.9. The van der Waals surface area contributed by atoms with Crippen LogP contribution in [0.15, 0.2) is 18.2 Å². The van der Waals surface area contributed by atoms with Crippen LogP contribution in [0.3, 0.4) is 0 Å². The molecule has 0 aromatic heterocycles. The van der Waals surface area contributed by atoms with E-state index in [1.165, 1.54) is 43.4 Å². The van der Waals surface area contributed by atoms with E-state index >= 15 is 0 Å². The Labute approximate surface area is 174 Å². The molecule has 6 heteroatoms. The highest BCUT2D eigenvalue weighted by Crippen LogP contribution is 2.34. The van der Waals surface area contributed by atoms with Crippen molar-refractivity contribution in [3.8, 4) is 5.75 Å². The van der Waals surface area contributed by atoms with E-state index in [0.29, 0.717) is 6.54 Å². The van der Waals surface area contributed by atoms with Crippen molar-refractivity contribution in [3.05, 3.63) is 23.8 Å². The normalized spacial score (nSPS) is 22.0. The Balaban J connectivity index is 1.38. The fourth-order valence-corrected chi connectivity index (χ4v) is 5.29. The second-order valence-corrected chi connectivity index (χ2v) is 8.68. The van der Waals surface area contributed by atoms with Crippen LogP contribution in [0, 0.1) is 0 Å². The average Bonchev–Trinajstić information content (AvgIpc) is 2.79. The molecule has 0 unspecified atom stereocenters. The largest absolute Gasteiger partial charge is 0.497 e. The molecule has 2 heterocycles. The summed E-state index contributed by atoms with van der Waals surface area (Å²) in [5.41, 5.74) is 2.57. The maximum Gasteiger partial charge on any atom is 0.239 e. The van der Waals surface area contributed by atoms with Gasteiger partial charge >= 0.3 is 0 Å². The second kappa shape index (κ2) is 9.35. The topological polar surface area (TPSA) is 54.0 Å². The van der Waals surface area contributed by atoms with Crippen molar-refractivity contribution in [1.29, 1.82) is 0 Å². The maximum absolute atomic E-state index is 12.9. The Hall–Kier alpha value is -1.79. The molecular formula is C23H35N3O3. The molecule has 0 spiro atoms. The zero-order valence-electron chi connectivity index (χ0n) is 17.8. The molecule has 29 heavy (non-hydrogen) atoms. The molecule has 4 rings (SSSR count). The number of methoxy groups -OCH3 is 1. The van der Waals surface area contributed by atoms with Crippen LogP contribution in [-0.4, -0.2) is 69.4 Å². The Morgan fingerprint density at radius 3 is 2.69 bits per heavy atom. The van der Waals surface area contributed by atoms with Gasteiger partial charge in [0.15, 0.2) is 0 Å². The number of amides is 1. The van der Waals surface area contributed by atoms with Gasteiger partial charge in [-0.3, -0.25) is 9.69 Å². The molecule has 1 amide bonds. The van der Waals surface area contributed by atoms with Gasteiger partial charge in [-0.15, -0.1) is 0 Å². The number of benzene rings is 1. The number of fused-ring (bicyclic) bond motifs is 1. The van der Waals surface area contributed by atoms with E-state index in [9.17, 15) is 4.79 Å². The Morgan fingerprint density at radius 1 is 1.14 bits per heavy atom. The first kappa shape index (κ1) is 20.5. The second-order valence-electron chi connectivity index (χ2n) is 8.68. The number of rotatable bonds is 6. The van der Waals surface area contributed by atoms with Crippen molar-refractivity contribution in [2.45, 2.75) is 50.5 Å². The van der Waals surface area contributed by atoms with Gasteiger partial charge in [0, 0.05) is 37.4 Å². The quantitative estimate of drug-likeness (QED) is 0.794. The van der Waals surface area contributed by atoms with Crippen LogP contribution in [-0.2, 0) is 16.0 Å². The number of ether oxygens (including phenoxy) is 2. The molecular weight excluding hydrogens is 366 g/mol. The predicted octanol–water partition coefficient (Wildman–Crippen LogP) is 2.60. The fourth-order valence-electron chi connectivity index (χ4n) is 5.29. The lowest BCUT2D eigenvalue weighted by atomic mass is 9.79. The van der Waals surface area contributed by atoms with Gasteiger partial charge in [-0.25, -0.2) is 0 Å². The van der Waals surface area contributed by atoms with E-state index in [-0.39, 0.29) is 11.4 Å². The predicted molar refractivity (Wildman–Crippen MR) is 115 cm³/mol. The van der Waals surface area contributed by atoms with Crippen molar-refractivity contribution >= 4 is 11.6 Å². The lowest BCUT2D eigenvalue weighted by Crippen LogP contribution is -2.60. The fraction of sp³-hybridized carbons (Fsp3) is 0.696. The number of anilines is 1. The Morgan fingerprint density at radius 2 is 1.93 bits per heavy atom. The van der Waals surface area contributed by atoms with E-state index in [2.05, 4.69) is 27.2 Å². The molecule has 1 N–H and O–H groups in total. The molecule has 1 aromatic rings. The van der Waals surface area contributed by atoms with E-state index in [0.717, 1.165) is 58.0 Å². The third-order valence-electron chi connectivity index (χ3n) is 6.92. The molecule has 1 saturated carbocycles. The summed E-state index contributed by atoms with van der Waals surface area (Å²) in [5.74, 6) is 1.02. The molecule has 3 aliphatic rings.